The highest BCUT2D eigenvalue weighted by Crippen LogP contribution is 2.25. The second kappa shape index (κ2) is 11.1. The lowest BCUT2D eigenvalue weighted by Crippen LogP contribution is -2.30. The Labute approximate surface area is 172 Å². The van der Waals surface area contributed by atoms with Gasteiger partial charge in [0, 0.05) is 19.5 Å². The number of aliphatic hydroxyl groups excluding tert-OH is 1. The highest BCUT2D eigenvalue weighted by atomic mass is 32.2. The van der Waals surface area contributed by atoms with Gasteiger partial charge in [-0.1, -0.05) is 61.4 Å². The minimum Gasteiger partial charge on any atom is -0.481 e. The van der Waals surface area contributed by atoms with Crippen molar-refractivity contribution in [1.29, 1.82) is 0 Å². The molecule has 0 aromatic heterocycles. The Hall–Kier alpha value is -2.22. The van der Waals surface area contributed by atoms with Crippen LogP contribution < -0.4 is 0 Å². The highest BCUT2D eigenvalue weighted by Gasteiger charge is 2.17. The fourth-order valence-electron chi connectivity index (χ4n) is 3.26. The topological polar surface area (TPSA) is 94.9 Å². The third-order valence-electron chi connectivity index (χ3n) is 4.80. The van der Waals surface area contributed by atoms with Gasteiger partial charge in [-0.2, -0.15) is 4.31 Å². The van der Waals surface area contributed by atoms with Gasteiger partial charge in [0.1, 0.15) is 0 Å². The number of carbonyl (C=O) groups is 1. The van der Waals surface area contributed by atoms with E-state index < -0.39 is 16.0 Å². The van der Waals surface area contributed by atoms with E-state index in [9.17, 15) is 18.3 Å². The number of aliphatic hydroxyl groups is 1. The maximum atomic E-state index is 12.2. The summed E-state index contributed by atoms with van der Waals surface area (Å²) in [5.74, 6) is -0.804. The van der Waals surface area contributed by atoms with Gasteiger partial charge in [-0.05, 0) is 35.1 Å². The van der Waals surface area contributed by atoms with Crippen LogP contribution in [0.1, 0.15) is 43.2 Å². The summed E-state index contributed by atoms with van der Waals surface area (Å²) in [5, 5.41) is 18.4. The molecular formula is C22H29NO5S. The molecule has 2 aromatic carbocycles. The normalized spacial score (nSPS) is 11.7. The zero-order chi connectivity index (χ0) is 21.3. The van der Waals surface area contributed by atoms with Crippen molar-refractivity contribution in [2.75, 3.05) is 12.8 Å². The molecule has 6 nitrogen and oxygen atoms in total. The van der Waals surface area contributed by atoms with Crippen molar-refractivity contribution in [1.82, 2.24) is 4.31 Å². The molecule has 158 valence electrons. The Balaban J connectivity index is 2.04. The van der Waals surface area contributed by atoms with E-state index in [0.29, 0.717) is 19.4 Å². The van der Waals surface area contributed by atoms with Crippen LogP contribution in [-0.4, -0.2) is 41.7 Å². The van der Waals surface area contributed by atoms with Gasteiger partial charge in [-0.25, -0.2) is 8.42 Å². The van der Waals surface area contributed by atoms with Crippen LogP contribution in [-0.2, 0) is 28.0 Å². The Bertz CT molecular complexity index is 897. The molecule has 0 saturated heterocycles. The number of rotatable bonds is 12. The molecule has 29 heavy (non-hydrogen) atoms. The number of hydrogen-bond acceptors (Lipinski definition) is 4. The van der Waals surface area contributed by atoms with Crippen LogP contribution in [0, 0.1) is 0 Å². The molecule has 2 rings (SSSR count). The molecular weight excluding hydrogens is 390 g/mol. The van der Waals surface area contributed by atoms with E-state index in [-0.39, 0.29) is 19.6 Å². The quantitative estimate of drug-likeness (QED) is 0.512. The van der Waals surface area contributed by atoms with Crippen molar-refractivity contribution < 1.29 is 23.4 Å². The summed E-state index contributed by atoms with van der Waals surface area (Å²) >= 11 is 0. The summed E-state index contributed by atoms with van der Waals surface area (Å²) in [6, 6.07) is 15.4. The summed E-state index contributed by atoms with van der Waals surface area (Å²) in [6.07, 6.45) is 4.19. The first-order valence-electron chi connectivity index (χ1n) is 9.76. The van der Waals surface area contributed by atoms with Gasteiger partial charge < -0.3 is 10.2 Å². The summed E-state index contributed by atoms with van der Waals surface area (Å²) in [6.45, 7) is 0.511. The van der Waals surface area contributed by atoms with Crippen molar-refractivity contribution >= 4 is 16.0 Å². The van der Waals surface area contributed by atoms with E-state index in [1.54, 1.807) is 0 Å². The molecule has 0 fully saturated rings. The molecule has 2 N–H and O–H groups in total. The maximum Gasteiger partial charge on any atom is 0.303 e. The van der Waals surface area contributed by atoms with Crippen molar-refractivity contribution in [3.8, 4) is 11.1 Å². The van der Waals surface area contributed by atoms with Gasteiger partial charge in [0.15, 0.2) is 0 Å². The molecule has 0 atom stereocenters. The number of benzene rings is 2. The first-order chi connectivity index (χ1) is 13.8. The maximum absolute atomic E-state index is 12.2. The Morgan fingerprint density at radius 2 is 1.69 bits per heavy atom. The van der Waals surface area contributed by atoms with E-state index in [4.69, 9.17) is 5.11 Å². The molecule has 2 aromatic rings. The minimum atomic E-state index is -3.37. The molecule has 0 saturated carbocycles. The number of hydrogen-bond donors (Lipinski definition) is 2. The fourth-order valence-corrected chi connectivity index (χ4v) is 4.10. The lowest BCUT2D eigenvalue weighted by atomic mass is 9.98. The number of nitrogens with zero attached hydrogens (tertiary/aromatic N) is 1. The van der Waals surface area contributed by atoms with Crippen molar-refractivity contribution in [3.05, 3.63) is 59.7 Å². The second-order valence-electron chi connectivity index (χ2n) is 7.17. The monoisotopic (exact) mass is 419 g/mol. The molecule has 7 heteroatoms. The van der Waals surface area contributed by atoms with Crippen LogP contribution >= 0.6 is 0 Å². The van der Waals surface area contributed by atoms with Gasteiger partial charge in [0.25, 0.3) is 0 Å². The summed E-state index contributed by atoms with van der Waals surface area (Å²) < 4.78 is 25.8. The van der Waals surface area contributed by atoms with E-state index >= 15 is 0 Å². The Kier molecular flexibility index (Phi) is 8.82. The smallest absolute Gasteiger partial charge is 0.303 e. The largest absolute Gasteiger partial charge is 0.481 e. The van der Waals surface area contributed by atoms with Crippen molar-refractivity contribution in [2.45, 2.75) is 45.3 Å². The van der Waals surface area contributed by atoms with Crippen LogP contribution in [0.4, 0.5) is 0 Å². The number of carboxylic acids is 1. The van der Waals surface area contributed by atoms with Gasteiger partial charge >= 0.3 is 5.97 Å². The van der Waals surface area contributed by atoms with Crippen molar-refractivity contribution in [3.63, 3.8) is 0 Å². The number of sulfonamides is 1. The molecule has 0 radical (unpaired) electrons. The molecule has 0 spiro atoms. The van der Waals surface area contributed by atoms with Crippen molar-refractivity contribution in [2.24, 2.45) is 0 Å². The molecule has 0 amide bonds. The average molecular weight is 420 g/mol. The number of aliphatic carboxylic acids is 1. The Morgan fingerprint density at radius 3 is 2.31 bits per heavy atom. The van der Waals surface area contributed by atoms with Gasteiger partial charge in [-0.3, -0.25) is 4.79 Å². The van der Waals surface area contributed by atoms with Gasteiger partial charge in [-0.15, -0.1) is 0 Å². The molecule has 0 aliphatic rings. The number of carboxylic acid groups (broad SMARTS) is 1. The van der Waals surface area contributed by atoms with Crippen LogP contribution in [0.2, 0.25) is 0 Å². The van der Waals surface area contributed by atoms with Crippen LogP contribution in [0.5, 0.6) is 0 Å². The molecule has 0 bridgehead atoms. The number of unbranched alkanes of at least 4 members (excludes halogenated alkanes) is 3. The third kappa shape index (κ3) is 7.61. The first-order valence-corrected chi connectivity index (χ1v) is 11.6. The van der Waals surface area contributed by atoms with E-state index in [1.807, 2.05) is 48.5 Å². The molecule has 0 aliphatic carbocycles. The lowest BCUT2D eigenvalue weighted by molar-refractivity contribution is -0.137. The highest BCUT2D eigenvalue weighted by molar-refractivity contribution is 7.88. The predicted molar refractivity (Wildman–Crippen MR) is 114 cm³/mol. The van der Waals surface area contributed by atoms with Gasteiger partial charge in [0.2, 0.25) is 10.0 Å². The second-order valence-corrected chi connectivity index (χ2v) is 9.15. The predicted octanol–water partition coefficient (Wildman–Crippen LogP) is 3.64. The van der Waals surface area contributed by atoms with Crippen LogP contribution in [0.3, 0.4) is 0 Å². The Morgan fingerprint density at radius 1 is 1.00 bits per heavy atom. The zero-order valence-corrected chi connectivity index (χ0v) is 17.6. The molecule has 0 aliphatic heterocycles. The average Bonchev–Trinajstić information content (AvgIpc) is 2.69. The lowest BCUT2D eigenvalue weighted by Gasteiger charge is -2.21. The summed E-state index contributed by atoms with van der Waals surface area (Å²) in [5.41, 5.74) is 3.52. The van der Waals surface area contributed by atoms with Gasteiger partial charge in [0.05, 0.1) is 12.9 Å². The first kappa shape index (κ1) is 23.1. The SMILES string of the molecule is CS(=O)(=O)N(CCCCCCC(=O)O)Cc1ccc(-c2ccccc2)c(CO)c1. The van der Waals surface area contributed by atoms with E-state index in [0.717, 1.165) is 35.1 Å². The molecule has 0 heterocycles. The van der Waals surface area contributed by atoms with E-state index in [1.165, 1.54) is 10.6 Å². The standard InChI is InChI=1S/C22H29NO5S/c1-29(27,28)23(14-8-3-2-7-11-22(25)26)16-18-12-13-21(20(15-18)17-24)19-9-5-4-6-10-19/h4-6,9-10,12-13,15,24H,2-3,7-8,11,14,16-17H2,1H3,(H,25,26). The van der Waals surface area contributed by atoms with E-state index in [2.05, 4.69) is 0 Å². The summed E-state index contributed by atoms with van der Waals surface area (Å²) in [4.78, 5) is 10.5. The minimum absolute atomic E-state index is 0.124. The van der Waals surface area contributed by atoms with Crippen LogP contribution in [0.25, 0.3) is 11.1 Å². The zero-order valence-electron chi connectivity index (χ0n) is 16.8. The third-order valence-corrected chi connectivity index (χ3v) is 6.05. The van der Waals surface area contributed by atoms with Crippen LogP contribution in [0.15, 0.2) is 48.5 Å². The molecule has 0 unspecified atom stereocenters. The fraction of sp³-hybridized carbons (Fsp3) is 0.409. The summed E-state index contributed by atoms with van der Waals surface area (Å²) in [7, 11) is -3.37.